The molecule has 0 spiro atoms. The Balaban J connectivity index is -0.000000132. The van der Waals surface area contributed by atoms with E-state index in [1.165, 1.54) is 27.7 Å². The minimum atomic E-state index is -0.741. The van der Waals surface area contributed by atoms with Crippen LogP contribution in [0.2, 0.25) is 0 Å². The van der Waals surface area contributed by atoms with Gasteiger partial charge in [0, 0.05) is 53.8 Å². The molecule has 0 aliphatic carbocycles. The van der Waals surface area contributed by atoms with E-state index in [0.29, 0.717) is 32.5 Å². The van der Waals surface area contributed by atoms with Gasteiger partial charge in [-0.1, -0.05) is 0 Å². The van der Waals surface area contributed by atoms with Crippen molar-refractivity contribution in [1.29, 1.82) is 0 Å². The van der Waals surface area contributed by atoms with Crippen LogP contribution in [0.3, 0.4) is 0 Å². The van der Waals surface area contributed by atoms with Gasteiger partial charge in [0.25, 0.3) is 0 Å². The van der Waals surface area contributed by atoms with E-state index in [4.69, 9.17) is 29.9 Å². The number of carbonyl (C=O) groups is 4. The quantitative estimate of drug-likeness (QED) is 0.222. The minimum Gasteiger partial charge on any atom is -0.466 e. The summed E-state index contributed by atoms with van der Waals surface area (Å²) in [7, 11) is 0. The summed E-state index contributed by atoms with van der Waals surface area (Å²) in [6.07, 6.45) is 1.44. The van der Waals surface area contributed by atoms with Crippen LogP contribution in [0.25, 0.3) is 0 Å². The van der Waals surface area contributed by atoms with Crippen LogP contribution in [0, 0.1) is 0 Å². The van der Waals surface area contributed by atoms with Crippen molar-refractivity contribution in [3.63, 3.8) is 0 Å². The number of carbonyl (C=O) groups excluding carboxylic acids is 4. The van der Waals surface area contributed by atoms with E-state index in [1.807, 2.05) is 0 Å². The fourth-order valence-corrected chi connectivity index (χ4v) is 1.80. The lowest BCUT2D eigenvalue weighted by molar-refractivity contribution is -0.156. The Morgan fingerprint density at radius 1 is 0.590 bits per heavy atom. The molecule has 0 aromatic rings. The maximum atomic E-state index is 10.6. The molecule has 0 saturated carbocycles. The second-order valence-corrected chi connectivity index (χ2v) is 9.87. The van der Waals surface area contributed by atoms with E-state index in [-0.39, 0.29) is 43.7 Å². The highest BCUT2D eigenvalue weighted by atomic mass is 16.6. The van der Waals surface area contributed by atoms with Gasteiger partial charge >= 0.3 is 23.9 Å². The maximum Gasteiger partial charge on any atom is 0.303 e. The summed E-state index contributed by atoms with van der Waals surface area (Å²) in [4.78, 5) is 41.1. The van der Waals surface area contributed by atoms with Gasteiger partial charge < -0.3 is 39.4 Å². The molecule has 0 bridgehead atoms. The first kappa shape index (κ1) is 46.6. The van der Waals surface area contributed by atoms with Gasteiger partial charge in [-0.05, 0) is 61.8 Å². The highest BCUT2D eigenvalue weighted by Crippen LogP contribution is 2.14. The Kier molecular flexibility index (Phi) is 32.6. The third-order valence-corrected chi connectivity index (χ3v) is 3.52. The van der Waals surface area contributed by atoms with E-state index < -0.39 is 16.8 Å². The predicted octanol–water partition coefficient (Wildman–Crippen LogP) is 2.70. The molecular formula is C27H56O12. The molecule has 0 aromatic carbocycles. The molecule has 0 aliphatic rings. The normalized spacial score (nSPS) is 10.3. The fourth-order valence-electron chi connectivity index (χ4n) is 1.80. The Morgan fingerprint density at radius 3 is 1.10 bits per heavy atom. The molecule has 12 heteroatoms. The van der Waals surface area contributed by atoms with Gasteiger partial charge in [0.15, 0.2) is 0 Å². The van der Waals surface area contributed by atoms with Gasteiger partial charge in [-0.15, -0.1) is 0 Å². The van der Waals surface area contributed by atoms with Crippen LogP contribution < -0.4 is 0 Å². The third-order valence-electron chi connectivity index (χ3n) is 3.52. The average Bonchev–Trinajstić information content (AvgIpc) is 2.66. The number of esters is 4. The summed E-state index contributed by atoms with van der Waals surface area (Å²) >= 11 is 0. The highest BCUT2D eigenvalue weighted by Gasteiger charge is 2.21. The molecule has 0 unspecified atom stereocenters. The van der Waals surface area contributed by atoms with Crippen molar-refractivity contribution < 1.29 is 58.6 Å². The van der Waals surface area contributed by atoms with E-state index in [0.717, 1.165) is 0 Å². The zero-order valence-corrected chi connectivity index (χ0v) is 26.2. The molecule has 236 valence electrons. The van der Waals surface area contributed by atoms with Gasteiger partial charge in [0.05, 0.1) is 31.0 Å². The van der Waals surface area contributed by atoms with Gasteiger partial charge in [-0.3, -0.25) is 19.2 Å². The zero-order chi connectivity index (χ0) is 32.3. The smallest absolute Gasteiger partial charge is 0.303 e. The molecule has 0 aromatic heterocycles. The van der Waals surface area contributed by atoms with Crippen molar-refractivity contribution in [2.45, 2.75) is 119 Å². The molecule has 0 radical (unpaired) electrons. The summed E-state index contributed by atoms with van der Waals surface area (Å²) in [6, 6.07) is 0. The molecular weight excluding hydrogens is 516 g/mol. The molecule has 0 saturated heterocycles. The number of hydrogen-bond acceptors (Lipinski definition) is 12. The Hall–Kier alpha value is -2.28. The first-order valence-corrected chi connectivity index (χ1v) is 12.8. The molecule has 4 N–H and O–H groups in total. The summed E-state index contributed by atoms with van der Waals surface area (Å²) in [5.74, 6) is -1.16. The number of hydrogen-bond donors (Lipinski definition) is 4. The van der Waals surface area contributed by atoms with Crippen LogP contribution in [-0.2, 0) is 38.1 Å². The summed E-state index contributed by atoms with van der Waals surface area (Å²) in [5.41, 5.74) is -2.01. The predicted molar refractivity (Wildman–Crippen MR) is 148 cm³/mol. The van der Waals surface area contributed by atoms with Gasteiger partial charge in [0.2, 0.25) is 0 Å². The van der Waals surface area contributed by atoms with Gasteiger partial charge in [0.1, 0.15) is 5.60 Å². The average molecular weight is 573 g/mol. The Bertz CT molecular complexity index is 617. The molecule has 0 heterocycles. The first-order chi connectivity index (χ1) is 17.5. The van der Waals surface area contributed by atoms with Crippen LogP contribution in [0.1, 0.15) is 102 Å². The van der Waals surface area contributed by atoms with Crippen LogP contribution in [0.15, 0.2) is 0 Å². The molecule has 0 fully saturated rings. The topological polar surface area (TPSA) is 186 Å². The number of rotatable bonds is 10. The van der Waals surface area contributed by atoms with Crippen molar-refractivity contribution in [2.24, 2.45) is 0 Å². The van der Waals surface area contributed by atoms with E-state index in [9.17, 15) is 19.2 Å². The molecule has 12 nitrogen and oxygen atoms in total. The second-order valence-electron chi connectivity index (χ2n) is 9.87. The Labute approximate surface area is 235 Å². The Morgan fingerprint density at radius 2 is 0.923 bits per heavy atom. The minimum absolute atomic E-state index is 0.0590. The standard InChI is InChI=1S/C9H16O4.C7H14O3.C5H12O2.C4H8O2.C2H6O/c1-7(10)12-6-5-9(3,4)13-8(2)11;1-6(8)10-5-4-7(2,3)9;1-5(2,7)3-4-6;1-3-6-4(2)5;1-2-3/h5-6H2,1-4H3;9H,4-5H2,1-3H3;6-7H,3-4H2,1-2H3;3H2,1-2H3;3H,2H2,1H3. The monoisotopic (exact) mass is 572 g/mol. The first-order valence-electron chi connectivity index (χ1n) is 12.8. The SMILES string of the molecule is CC(=O)OCCC(C)(C)O.CC(=O)OCCC(C)(C)OC(C)=O.CC(C)(O)CCO.CCO.CCOC(C)=O. The van der Waals surface area contributed by atoms with E-state index >= 15 is 0 Å². The number of ether oxygens (including phenoxy) is 4. The lowest BCUT2D eigenvalue weighted by Crippen LogP contribution is -2.28. The lowest BCUT2D eigenvalue weighted by Gasteiger charge is -2.23. The van der Waals surface area contributed by atoms with Crippen molar-refractivity contribution in [1.82, 2.24) is 0 Å². The molecule has 39 heavy (non-hydrogen) atoms. The molecule has 0 aliphatic heterocycles. The van der Waals surface area contributed by atoms with Crippen molar-refractivity contribution in [3.05, 3.63) is 0 Å². The van der Waals surface area contributed by atoms with Crippen LogP contribution in [0.4, 0.5) is 0 Å². The van der Waals surface area contributed by atoms with Crippen LogP contribution in [0.5, 0.6) is 0 Å². The largest absolute Gasteiger partial charge is 0.466 e. The highest BCUT2D eigenvalue weighted by molar-refractivity contribution is 5.67. The van der Waals surface area contributed by atoms with Crippen LogP contribution >= 0.6 is 0 Å². The molecule has 0 amide bonds. The molecule has 0 rings (SSSR count). The second kappa shape index (κ2) is 27.3. The summed E-state index contributed by atoms with van der Waals surface area (Å²) < 4.78 is 18.7. The van der Waals surface area contributed by atoms with E-state index in [2.05, 4.69) is 9.47 Å². The lowest BCUT2D eigenvalue weighted by atomic mass is 10.1. The van der Waals surface area contributed by atoms with Crippen LogP contribution in [-0.4, -0.2) is 94.1 Å². The van der Waals surface area contributed by atoms with Gasteiger partial charge in [-0.2, -0.15) is 0 Å². The van der Waals surface area contributed by atoms with Crippen molar-refractivity contribution in [2.75, 3.05) is 33.0 Å². The van der Waals surface area contributed by atoms with E-state index in [1.54, 1.807) is 55.4 Å². The third kappa shape index (κ3) is 72.2. The van der Waals surface area contributed by atoms with Crippen molar-refractivity contribution >= 4 is 23.9 Å². The maximum absolute atomic E-state index is 10.6. The summed E-state index contributed by atoms with van der Waals surface area (Å²) in [5, 5.41) is 33.8. The number of aliphatic hydroxyl groups is 4. The summed E-state index contributed by atoms with van der Waals surface area (Å²) in [6.45, 7) is 20.5. The van der Waals surface area contributed by atoms with Crippen molar-refractivity contribution in [3.8, 4) is 0 Å². The number of aliphatic hydroxyl groups excluding tert-OH is 2. The zero-order valence-electron chi connectivity index (χ0n) is 26.2. The fraction of sp³-hybridized carbons (Fsp3) is 0.852. The molecule has 0 atom stereocenters. The van der Waals surface area contributed by atoms with Gasteiger partial charge in [-0.25, -0.2) is 0 Å².